The van der Waals surface area contributed by atoms with Gasteiger partial charge in [0, 0.05) is 26.2 Å². The molecule has 0 saturated heterocycles. The summed E-state index contributed by atoms with van der Waals surface area (Å²) in [5.74, 6) is 0.147. The number of nitrogens with zero attached hydrogens (tertiary/aromatic N) is 2. The quantitative estimate of drug-likeness (QED) is 0.0571. The lowest BCUT2D eigenvalue weighted by atomic mass is 10.1. The summed E-state index contributed by atoms with van der Waals surface area (Å²) in [6, 6.07) is 0. The van der Waals surface area contributed by atoms with Crippen molar-refractivity contribution in [3.05, 3.63) is 0 Å². The minimum absolute atomic E-state index is 0.147. The number of rotatable bonds is 32. The maximum Gasteiger partial charge on any atom is 0.248 e. The van der Waals surface area contributed by atoms with Gasteiger partial charge in [-0.3, -0.25) is 4.79 Å². The predicted molar refractivity (Wildman–Crippen MR) is 185 cm³/mol. The predicted octanol–water partition coefficient (Wildman–Crippen LogP) is 10.9. The van der Waals surface area contributed by atoms with Crippen molar-refractivity contribution in [3.63, 3.8) is 0 Å². The summed E-state index contributed by atoms with van der Waals surface area (Å²) in [7, 11) is 0. The number of unbranched alkanes of at least 4 members (excludes halogenated alkanes) is 20. The molecule has 1 amide bonds. The first-order valence-corrected chi connectivity index (χ1v) is 18.6. The lowest BCUT2D eigenvalue weighted by Crippen LogP contribution is -2.38. The summed E-state index contributed by atoms with van der Waals surface area (Å²) in [6.07, 6.45) is 30.6. The SMILES string of the molecule is CCCCCCCCN(CCCCCCCC)C(=O)COCC(=S)N(CCCCCCCC)CCCCCCCC. The number of amides is 1. The van der Waals surface area contributed by atoms with Crippen LogP contribution in [0.15, 0.2) is 0 Å². The highest BCUT2D eigenvalue weighted by atomic mass is 32.1. The van der Waals surface area contributed by atoms with Gasteiger partial charge in [0.1, 0.15) is 11.6 Å². The average Bonchev–Trinajstić information content (AvgIpc) is 2.97. The van der Waals surface area contributed by atoms with Gasteiger partial charge in [0.15, 0.2) is 0 Å². The summed E-state index contributed by atoms with van der Waals surface area (Å²) in [4.78, 5) is 18.5. The Labute approximate surface area is 263 Å². The van der Waals surface area contributed by atoms with Crippen LogP contribution in [-0.4, -0.2) is 60.1 Å². The molecule has 0 saturated carbocycles. The van der Waals surface area contributed by atoms with Crippen molar-refractivity contribution in [2.75, 3.05) is 39.4 Å². The van der Waals surface area contributed by atoms with Crippen molar-refractivity contribution in [1.29, 1.82) is 0 Å². The van der Waals surface area contributed by atoms with Crippen molar-refractivity contribution in [1.82, 2.24) is 9.80 Å². The minimum Gasteiger partial charge on any atom is -0.365 e. The van der Waals surface area contributed by atoms with Crippen LogP contribution >= 0.6 is 12.2 Å². The van der Waals surface area contributed by atoms with Crippen molar-refractivity contribution in [2.45, 2.75) is 182 Å². The second-order valence-electron chi connectivity index (χ2n) is 12.3. The summed E-state index contributed by atoms with van der Waals surface area (Å²) in [6.45, 7) is 13.4. The van der Waals surface area contributed by atoms with E-state index in [0.29, 0.717) is 6.61 Å². The highest BCUT2D eigenvalue weighted by molar-refractivity contribution is 7.80. The molecule has 0 spiro atoms. The fraction of sp³-hybridized carbons (Fsp3) is 0.944. The number of ether oxygens (including phenoxy) is 1. The Bertz CT molecular complexity index is 492. The maximum atomic E-state index is 13.2. The molecule has 4 nitrogen and oxygen atoms in total. The van der Waals surface area contributed by atoms with Crippen LogP contribution in [0.25, 0.3) is 0 Å². The van der Waals surface area contributed by atoms with Crippen molar-refractivity contribution < 1.29 is 9.53 Å². The van der Waals surface area contributed by atoms with Gasteiger partial charge in [-0.15, -0.1) is 0 Å². The zero-order chi connectivity index (χ0) is 30.2. The molecule has 0 heterocycles. The standard InChI is InChI=1S/C36H72N2O2S/c1-5-9-13-17-21-25-29-37(30-26-22-18-14-10-6-2)35(39)33-40-34-36(41)38(31-27-23-19-15-11-7-3)32-28-24-20-16-12-8-4/h5-34H2,1-4H3. The molecule has 0 bridgehead atoms. The minimum atomic E-state index is 0.147. The molecule has 0 aromatic heterocycles. The van der Waals surface area contributed by atoms with E-state index in [1.54, 1.807) is 0 Å². The molecule has 244 valence electrons. The fourth-order valence-electron chi connectivity index (χ4n) is 5.46. The number of thiocarbonyl (C=S) groups is 1. The van der Waals surface area contributed by atoms with Gasteiger partial charge in [0.25, 0.3) is 0 Å². The summed E-state index contributed by atoms with van der Waals surface area (Å²) in [5.41, 5.74) is 0. The Hall–Kier alpha value is -0.680. The first-order valence-electron chi connectivity index (χ1n) is 18.2. The smallest absolute Gasteiger partial charge is 0.248 e. The van der Waals surface area contributed by atoms with Crippen LogP contribution in [0.1, 0.15) is 182 Å². The highest BCUT2D eigenvalue weighted by Gasteiger charge is 2.15. The molecule has 5 heteroatoms. The van der Waals surface area contributed by atoms with Gasteiger partial charge in [-0.2, -0.15) is 0 Å². The number of carbonyl (C=O) groups excluding carboxylic acids is 1. The Morgan fingerprint density at radius 3 is 1.07 bits per heavy atom. The number of carbonyl (C=O) groups is 1. The Morgan fingerprint density at radius 2 is 0.732 bits per heavy atom. The van der Waals surface area contributed by atoms with Crippen LogP contribution in [0.3, 0.4) is 0 Å². The highest BCUT2D eigenvalue weighted by Crippen LogP contribution is 2.12. The zero-order valence-corrected chi connectivity index (χ0v) is 29.1. The van der Waals surface area contributed by atoms with E-state index < -0.39 is 0 Å². The molecule has 0 aliphatic carbocycles. The van der Waals surface area contributed by atoms with Crippen molar-refractivity contribution in [2.24, 2.45) is 0 Å². The van der Waals surface area contributed by atoms with Gasteiger partial charge in [-0.1, -0.05) is 168 Å². The number of hydrogen-bond acceptors (Lipinski definition) is 3. The molecule has 0 atom stereocenters. The largest absolute Gasteiger partial charge is 0.365 e. The zero-order valence-electron chi connectivity index (χ0n) is 28.3. The van der Waals surface area contributed by atoms with E-state index in [4.69, 9.17) is 17.0 Å². The molecule has 0 rings (SSSR count). The summed E-state index contributed by atoms with van der Waals surface area (Å²) >= 11 is 5.85. The molecule has 0 aromatic rings. The third-order valence-electron chi connectivity index (χ3n) is 8.28. The van der Waals surface area contributed by atoms with Gasteiger partial charge in [0.05, 0.1) is 6.61 Å². The van der Waals surface area contributed by atoms with Crippen LogP contribution in [0.4, 0.5) is 0 Å². The lowest BCUT2D eigenvalue weighted by Gasteiger charge is -2.26. The molecule has 0 radical (unpaired) electrons. The Balaban J connectivity index is 4.67. The summed E-state index contributed by atoms with van der Waals surface area (Å²) in [5, 5.41) is 0. The van der Waals surface area contributed by atoms with Gasteiger partial charge >= 0.3 is 0 Å². The molecular weight excluding hydrogens is 524 g/mol. The van der Waals surface area contributed by atoms with E-state index in [-0.39, 0.29) is 12.5 Å². The second kappa shape index (κ2) is 32.2. The third-order valence-corrected chi connectivity index (χ3v) is 8.66. The second-order valence-corrected chi connectivity index (χ2v) is 12.8. The topological polar surface area (TPSA) is 32.8 Å². The molecule has 0 aliphatic rings. The van der Waals surface area contributed by atoms with Gasteiger partial charge in [0.2, 0.25) is 5.91 Å². The molecule has 0 aromatic carbocycles. The molecule has 0 unspecified atom stereocenters. The Kier molecular flexibility index (Phi) is 31.7. The van der Waals surface area contributed by atoms with Crippen molar-refractivity contribution in [3.8, 4) is 0 Å². The third kappa shape index (κ3) is 26.7. The van der Waals surface area contributed by atoms with Gasteiger partial charge in [-0.05, 0) is 25.7 Å². The molecule has 0 aliphatic heterocycles. The van der Waals surface area contributed by atoms with Crippen molar-refractivity contribution >= 4 is 23.1 Å². The molecule has 0 N–H and O–H groups in total. The van der Waals surface area contributed by atoms with E-state index >= 15 is 0 Å². The van der Waals surface area contributed by atoms with Crippen LogP contribution in [0.2, 0.25) is 0 Å². The van der Waals surface area contributed by atoms with E-state index in [1.807, 2.05) is 0 Å². The van der Waals surface area contributed by atoms with Crippen LogP contribution in [0, 0.1) is 0 Å². The molecule has 41 heavy (non-hydrogen) atoms. The van der Waals surface area contributed by atoms with E-state index in [1.165, 1.54) is 141 Å². The molecular formula is C36H72N2O2S. The lowest BCUT2D eigenvalue weighted by molar-refractivity contribution is -0.135. The van der Waals surface area contributed by atoms with E-state index in [2.05, 4.69) is 37.5 Å². The van der Waals surface area contributed by atoms with Gasteiger partial charge in [-0.25, -0.2) is 0 Å². The number of hydrogen-bond donors (Lipinski definition) is 0. The van der Waals surface area contributed by atoms with Gasteiger partial charge < -0.3 is 14.5 Å². The van der Waals surface area contributed by atoms with Crippen LogP contribution in [0.5, 0.6) is 0 Å². The first-order chi connectivity index (χ1) is 20.1. The fourth-order valence-corrected chi connectivity index (χ4v) is 5.73. The maximum absolute atomic E-state index is 13.2. The van der Waals surface area contributed by atoms with E-state index in [0.717, 1.165) is 44.0 Å². The first kappa shape index (κ1) is 40.3. The monoisotopic (exact) mass is 597 g/mol. The average molecular weight is 597 g/mol. The Morgan fingerprint density at radius 1 is 0.439 bits per heavy atom. The van der Waals surface area contributed by atoms with Crippen LogP contribution in [-0.2, 0) is 9.53 Å². The summed E-state index contributed by atoms with van der Waals surface area (Å²) < 4.78 is 5.98. The normalized spacial score (nSPS) is 11.2. The van der Waals surface area contributed by atoms with Crippen LogP contribution < -0.4 is 0 Å². The van der Waals surface area contributed by atoms with E-state index in [9.17, 15) is 4.79 Å². The molecule has 0 fully saturated rings.